The highest BCUT2D eigenvalue weighted by Crippen LogP contribution is 2.37. The van der Waals surface area contributed by atoms with Crippen molar-refractivity contribution in [2.24, 2.45) is 0 Å². The lowest BCUT2D eigenvalue weighted by Crippen LogP contribution is -2.31. The topological polar surface area (TPSA) is 170 Å². The first-order valence-corrected chi connectivity index (χ1v) is 12.7. The third-order valence-corrected chi connectivity index (χ3v) is 5.91. The monoisotopic (exact) mass is 523 g/mol. The molecule has 0 saturated carbocycles. The van der Waals surface area contributed by atoms with Crippen LogP contribution < -0.4 is 10.6 Å². The lowest BCUT2D eigenvalue weighted by Gasteiger charge is -2.19. The highest BCUT2D eigenvalue weighted by molar-refractivity contribution is 7.46. The van der Waals surface area contributed by atoms with Crippen molar-refractivity contribution < 1.29 is 28.8 Å². The third-order valence-electron chi connectivity index (χ3n) is 5.18. The van der Waals surface area contributed by atoms with Crippen LogP contribution in [-0.2, 0) is 9.09 Å². The molecule has 0 unspecified atom stereocenters. The summed E-state index contributed by atoms with van der Waals surface area (Å²) in [6, 6.07) is 7.08. The van der Waals surface area contributed by atoms with Crippen molar-refractivity contribution in [1.29, 1.82) is 0 Å². The number of phosphoric ester groups is 1. The molecule has 0 bridgehead atoms. The molecule has 0 saturated heterocycles. The summed E-state index contributed by atoms with van der Waals surface area (Å²) in [5.74, 6) is -0.166. The van der Waals surface area contributed by atoms with Gasteiger partial charge in [-0.05, 0) is 42.7 Å². The van der Waals surface area contributed by atoms with E-state index < -0.39 is 26.4 Å². The van der Waals surface area contributed by atoms with Crippen molar-refractivity contribution in [2.75, 3.05) is 18.5 Å². The molecule has 188 valence electrons. The predicted molar refractivity (Wildman–Crippen MR) is 131 cm³/mol. The molecule has 0 fully saturated rings. The van der Waals surface area contributed by atoms with Gasteiger partial charge >= 0.3 is 7.82 Å². The van der Waals surface area contributed by atoms with Gasteiger partial charge in [-0.15, -0.1) is 0 Å². The molecule has 0 aliphatic heterocycles. The zero-order valence-corrected chi connectivity index (χ0v) is 20.8. The van der Waals surface area contributed by atoms with Gasteiger partial charge in [0.2, 0.25) is 5.95 Å². The van der Waals surface area contributed by atoms with Crippen molar-refractivity contribution in [2.45, 2.75) is 32.4 Å². The average Bonchev–Trinajstić information content (AvgIpc) is 3.30. The van der Waals surface area contributed by atoms with E-state index in [1.54, 1.807) is 42.7 Å². The fraction of sp³-hybridized carbons (Fsp3) is 0.318. The van der Waals surface area contributed by atoms with E-state index in [1.165, 1.54) is 0 Å². The number of aryl methyl sites for hydroxylation is 1. The van der Waals surface area contributed by atoms with Gasteiger partial charge in [-0.25, -0.2) is 14.5 Å². The Bertz CT molecular complexity index is 1210. The van der Waals surface area contributed by atoms with Crippen LogP contribution in [0, 0.1) is 6.92 Å². The number of benzene rings is 1. The van der Waals surface area contributed by atoms with E-state index in [0.717, 1.165) is 5.56 Å². The first kappa shape index (κ1) is 26.8. The number of halogens is 1. The highest BCUT2D eigenvalue weighted by atomic mass is 35.5. The molecule has 35 heavy (non-hydrogen) atoms. The molecule has 3 aromatic rings. The molecule has 11 nitrogen and oxygen atoms in total. The molecule has 2 aromatic heterocycles. The van der Waals surface area contributed by atoms with Crippen LogP contribution in [0.25, 0.3) is 11.3 Å². The number of aliphatic hydroxyl groups is 1. The number of carbonyl (C=O) groups excluding carboxylic acids is 1. The molecule has 13 heteroatoms. The Balaban J connectivity index is 1.81. The number of carbonyl (C=O) groups is 1. The van der Waals surface area contributed by atoms with E-state index in [-0.39, 0.29) is 18.3 Å². The summed E-state index contributed by atoms with van der Waals surface area (Å²) >= 11 is 6.04. The van der Waals surface area contributed by atoms with E-state index in [1.807, 2.05) is 13.8 Å². The predicted octanol–water partition coefficient (Wildman–Crippen LogP) is 3.20. The molecule has 6 N–H and O–H groups in total. The van der Waals surface area contributed by atoms with Gasteiger partial charge in [0.25, 0.3) is 5.91 Å². The first-order chi connectivity index (χ1) is 16.6. The summed E-state index contributed by atoms with van der Waals surface area (Å²) in [4.78, 5) is 42.8. The summed E-state index contributed by atoms with van der Waals surface area (Å²) in [7, 11) is -4.76. The molecule has 1 amide bonds. The van der Waals surface area contributed by atoms with Crippen LogP contribution in [0.15, 0.2) is 42.7 Å². The third kappa shape index (κ3) is 7.60. The number of hydrogen-bond acceptors (Lipinski definition) is 7. The van der Waals surface area contributed by atoms with Gasteiger partial charge in [-0.2, -0.15) is 0 Å². The van der Waals surface area contributed by atoms with Gasteiger partial charge in [0.15, 0.2) is 0 Å². The Labute approximate surface area is 207 Å². The second kappa shape index (κ2) is 11.8. The van der Waals surface area contributed by atoms with E-state index in [9.17, 15) is 14.5 Å². The van der Waals surface area contributed by atoms with Crippen LogP contribution in [0.5, 0.6) is 0 Å². The van der Waals surface area contributed by atoms with Crippen molar-refractivity contribution in [1.82, 2.24) is 20.3 Å². The van der Waals surface area contributed by atoms with Crippen LogP contribution >= 0.6 is 19.4 Å². The van der Waals surface area contributed by atoms with Gasteiger partial charge < -0.3 is 30.5 Å². The summed E-state index contributed by atoms with van der Waals surface area (Å²) in [6.45, 7) is 3.25. The summed E-state index contributed by atoms with van der Waals surface area (Å²) in [5.41, 5.74) is 2.74. The molecule has 0 aliphatic carbocycles. The van der Waals surface area contributed by atoms with Gasteiger partial charge in [-0.1, -0.05) is 30.7 Å². The standard InChI is InChI=1S/C22H27ClN5O6P/c1-3-17(11-29)26-22-25-9-13(2)20(28-22)15-8-18(24-10-15)21(30)27-19(12-34-35(31,32)33)14-5-4-6-16(23)7-14/h4-10,17,19,24,29H,3,11-12H2,1-2H3,(H,27,30)(H,25,26,28)(H2,31,32,33)/t17-,19-/m1/s1. The molecular formula is C22H27ClN5O6P. The molecule has 1 aromatic carbocycles. The quantitative estimate of drug-likeness (QED) is 0.206. The number of aromatic amines is 1. The normalized spacial score (nSPS) is 13.3. The van der Waals surface area contributed by atoms with Crippen LogP contribution in [0.4, 0.5) is 5.95 Å². The zero-order valence-electron chi connectivity index (χ0n) is 19.1. The maximum atomic E-state index is 13.0. The van der Waals surface area contributed by atoms with Gasteiger partial charge in [0, 0.05) is 23.0 Å². The number of anilines is 1. The maximum Gasteiger partial charge on any atom is 0.469 e. The lowest BCUT2D eigenvalue weighted by atomic mass is 10.1. The van der Waals surface area contributed by atoms with Crippen LogP contribution in [0.3, 0.4) is 0 Å². The minimum atomic E-state index is -4.76. The van der Waals surface area contributed by atoms with E-state index in [0.29, 0.717) is 34.2 Å². The molecule has 2 heterocycles. The zero-order chi connectivity index (χ0) is 25.6. The summed E-state index contributed by atoms with van der Waals surface area (Å²) in [6.07, 6.45) is 3.96. The van der Waals surface area contributed by atoms with Crippen LogP contribution in [0.1, 0.15) is 41.0 Å². The van der Waals surface area contributed by atoms with Crippen molar-refractivity contribution >= 4 is 31.3 Å². The Morgan fingerprint density at radius 2 is 2.09 bits per heavy atom. The molecule has 3 rings (SSSR count). The van der Waals surface area contributed by atoms with Crippen molar-refractivity contribution in [3.05, 3.63) is 64.6 Å². The summed E-state index contributed by atoms with van der Waals surface area (Å²) < 4.78 is 15.8. The van der Waals surface area contributed by atoms with Crippen molar-refractivity contribution in [3.8, 4) is 11.3 Å². The fourth-order valence-corrected chi connectivity index (χ4v) is 3.82. The van der Waals surface area contributed by atoms with Crippen LogP contribution in [0.2, 0.25) is 5.02 Å². The number of aromatic nitrogens is 3. The number of aliphatic hydroxyl groups excluding tert-OH is 1. The molecule has 0 spiro atoms. The van der Waals surface area contributed by atoms with Crippen molar-refractivity contribution in [3.63, 3.8) is 0 Å². The first-order valence-electron chi connectivity index (χ1n) is 10.8. The second-order valence-electron chi connectivity index (χ2n) is 7.83. The summed E-state index contributed by atoms with van der Waals surface area (Å²) in [5, 5.41) is 15.6. The van der Waals surface area contributed by atoms with E-state index in [2.05, 4.69) is 30.1 Å². The largest absolute Gasteiger partial charge is 0.469 e. The lowest BCUT2D eigenvalue weighted by molar-refractivity contribution is 0.0904. The minimum absolute atomic E-state index is 0.0585. The van der Waals surface area contributed by atoms with Gasteiger partial charge in [0.1, 0.15) is 5.69 Å². The number of nitrogens with zero attached hydrogens (tertiary/aromatic N) is 2. The molecule has 0 radical (unpaired) electrons. The van der Waals surface area contributed by atoms with Crippen LogP contribution in [-0.4, -0.2) is 55.0 Å². The number of H-pyrrole nitrogens is 1. The number of rotatable bonds is 11. The molecule has 2 atom stereocenters. The number of phosphoric acid groups is 1. The maximum absolute atomic E-state index is 13.0. The number of amides is 1. The second-order valence-corrected chi connectivity index (χ2v) is 9.50. The Morgan fingerprint density at radius 3 is 2.74 bits per heavy atom. The minimum Gasteiger partial charge on any atom is -0.394 e. The molecule has 0 aliphatic rings. The van der Waals surface area contributed by atoms with E-state index in [4.69, 9.17) is 21.4 Å². The smallest absolute Gasteiger partial charge is 0.394 e. The number of nitrogens with one attached hydrogen (secondary N) is 3. The Hall–Kier alpha value is -2.79. The molecular weight excluding hydrogens is 497 g/mol. The van der Waals surface area contributed by atoms with E-state index >= 15 is 0 Å². The highest BCUT2D eigenvalue weighted by Gasteiger charge is 2.23. The number of hydrogen-bond donors (Lipinski definition) is 6. The SMILES string of the molecule is CC[C@H](CO)Nc1ncc(C)c(-c2c[nH]c(C(=O)N[C@H](COP(=O)(O)O)c3cccc(Cl)c3)c2)n1. The Morgan fingerprint density at radius 1 is 1.31 bits per heavy atom. The fourth-order valence-electron chi connectivity index (χ4n) is 3.28. The van der Waals surface area contributed by atoms with Gasteiger partial charge in [0.05, 0.1) is 31.0 Å². The van der Waals surface area contributed by atoms with Gasteiger partial charge in [-0.3, -0.25) is 9.32 Å². The Kier molecular flexibility index (Phi) is 9.01. The average molecular weight is 524 g/mol.